The summed E-state index contributed by atoms with van der Waals surface area (Å²) in [4.78, 5) is 38.1. The van der Waals surface area contributed by atoms with E-state index in [1.807, 2.05) is 30.3 Å². The zero-order valence-electron chi connectivity index (χ0n) is 15.5. The monoisotopic (exact) mass is 373 g/mol. The second-order valence-corrected chi connectivity index (χ2v) is 7.15. The number of ether oxygens (including phenoxy) is 1. The summed E-state index contributed by atoms with van der Waals surface area (Å²) in [6, 6.07) is 9.67. The summed E-state index contributed by atoms with van der Waals surface area (Å²) in [6.45, 7) is 1.39. The van der Waals surface area contributed by atoms with E-state index < -0.39 is 0 Å². The van der Waals surface area contributed by atoms with E-state index in [9.17, 15) is 14.4 Å². The SMILES string of the molecule is O=C(CNC(=O)[C@H]1CCCN(C(=O)CCOc2ccccc2)C1)NC1CC1. The summed E-state index contributed by atoms with van der Waals surface area (Å²) >= 11 is 0. The van der Waals surface area contributed by atoms with Crippen molar-refractivity contribution < 1.29 is 19.1 Å². The smallest absolute Gasteiger partial charge is 0.239 e. The molecule has 1 atom stereocenters. The molecule has 1 aliphatic carbocycles. The van der Waals surface area contributed by atoms with Gasteiger partial charge in [0.25, 0.3) is 0 Å². The van der Waals surface area contributed by atoms with Crippen LogP contribution in [0.4, 0.5) is 0 Å². The number of carbonyl (C=O) groups excluding carboxylic acids is 3. The van der Waals surface area contributed by atoms with E-state index >= 15 is 0 Å². The molecule has 2 N–H and O–H groups in total. The summed E-state index contributed by atoms with van der Waals surface area (Å²) in [5, 5.41) is 5.54. The fourth-order valence-corrected chi connectivity index (χ4v) is 3.17. The van der Waals surface area contributed by atoms with E-state index in [1.54, 1.807) is 4.90 Å². The van der Waals surface area contributed by atoms with E-state index in [4.69, 9.17) is 4.74 Å². The van der Waals surface area contributed by atoms with Crippen molar-refractivity contribution in [1.29, 1.82) is 0 Å². The lowest BCUT2D eigenvalue weighted by molar-refractivity contribution is -0.136. The van der Waals surface area contributed by atoms with Crippen LogP contribution in [0.3, 0.4) is 0 Å². The number of benzene rings is 1. The zero-order chi connectivity index (χ0) is 19.1. The molecule has 7 heteroatoms. The molecule has 0 radical (unpaired) electrons. The first-order valence-corrected chi connectivity index (χ1v) is 9.64. The van der Waals surface area contributed by atoms with Crippen molar-refractivity contribution in [2.75, 3.05) is 26.2 Å². The number of amides is 3. The Balaban J connectivity index is 1.37. The molecule has 27 heavy (non-hydrogen) atoms. The van der Waals surface area contributed by atoms with Crippen molar-refractivity contribution >= 4 is 17.7 Å². The number of hydrogen-bond donors (Lipinski definition) is 2. The number of nitrogens with one attached hydrogen (secondary N) is 2. The van der Waals surface area contributed by atoms with Crippen LogP contribution in [-0.2, 0) is 14.4 Å². The number of likely N-dealkylation sites (tertiary alicyclic amines) is 1. The van der Waals surface area contributed by atoms with Gasteiger partial charge in [-0.05, 0) is 37.8 Å². The number of carbonyl (C=O) groups is 3. The summed E-state index contributed by atoms with van der Waals surface area (Å²) in [5.74, 6) is 0.179. The molecule has 3 amide bonds. The highest BCUT2D eigenvalue weighted by atomic mass is 16.5. The van der Waals surface area contributed by atoms with Gasteiger partial charge >= 0.3 is 0 Å². The van der Waals surface area contributed by atoms with Gasteiger partial charge in [0.1, 0.15) is 5.75 Å². The van der Waals surface area contributed by atoms with E-state index in [0.29, 0.717) is 19.7 Å². The Morgan fingerprint density at radius 1 is 1.11 bits per heavy atom. The van der Waals surface area contributed by atoms with Crippen LogP contribution in [0.1, 0.15) is 32.1 Å². The number of hydrogen-bond acceptors (Lipinski definition) is 4. The minimum atomic E-state index is -0.258. The fraction of sp³-hybridized carbons (Fsp3) is 0.550. The maximum Gasteiger partial charge on any atom is 0.239 e. The highest BCUT2D eigenvalue weighted by Gasteiger charge is 2.29. The van der Waals surface area contributed by atoms with Gasteiger partial charge in [-0.2, -0.15) is 0 Å². The Kier molecular flexibility index (Phi) is 6.68. The maximum atomic E-state index is 12.4. The number of rotatable bonds is 8. The van der Waals surface area contributed by atoms with Crippen LogP contribution < -0.4 is 15.4 Å². The quantitative estimate of drug-likeness (QED) is 0.714. The largest absolute Gasteiger partial charge is 0.493 e. The van der Waals surface area contributed by atoms with E-state index in [2.05, 4.69) is 10.6 Å². The first kappa shape index (κ1) is 19.2. The first-order chi connectivity index (χ1) is 13.1. The van der Waals surface area contributed by atoms with E-state index in [1.165, 1.54) is 0 Å². The van der Waals surface area contributed by atoms with Crippen LogP contribution >= 0.6 is 0 Å². The van der Waals surface area contributed by atoms with Gasteiger partial charge in [-0.25, -0.2) is 0 Å². The number of piperidine rings is 1. The van der Waals surface area contributed by atoms with Gasteiger partial charge in [-0.15, -0.1) is 0 Å². The molecular weight excluding hydrogens is 346 g/mol. The van der Waals surface area contributed by atoms with E-state index in [0.717, 1.165) is 31.4 Å². The highest BCUT2D eigenvalue weighted by molar-refractivity contribution is 5.86. The molecule has 2 aliphatic rings. The summed E-state index contributed by atoms with van der Waals surface area (Å²) < 4.78 is 5.57. The van der Waals surface area contributed by atoms with Crippen molar-refractivity contribution in [2.45, 2.75) is 38.1 Å². The summed E-state index contributed by atoms with van der Waals surface area (Å²) in [6.07, 6.45) is 3.85. The molecule has 0 unspecified atom stereocenters. The third kappa shape index (κ3) is 6.27. The van der Waals surface area contributed by atoms with Crippen molar-refractivity contribution in [3.05, 3.63) is 30.3 Å². The van der Waals surface area contributed by atoms with Gasteiger partial charge < -0.3 is 20.3 Å². The third-order valence-corrected chi connectivity index (χ3v) is 4.84. The summed E-state index contributed by atoms with van der Waals surface area (Å²) in [5.41, 5.74) is 0. The Labute approximate surface area is 159 Å². The predicted molar refractivity (Wildman–Crippen MR) is 100 cm³/mol. The van der Waals surface area contributed by atoms with Crippen LogP contribution in [0.25, 0.3) is 0 Å². The lowest BCUT2D eigenvalue weighted by Gasteiger charge is -2.32. The molecule has 0 aromatic heterocycles. The van der Waals surface area contributed by atoms with Gasteiger partial charge in [0, 0.05) is 19.1 Å². The van der Waals surface area contributed by atoms with Gasteiger partial charge in [0.05, 0.1) is 25.5 Å². The molecule has 1 heterocycles. The second-order valence-electron chi connectivity index (χ2n) is 7.15. The molecule has 1 saturated heterocycles. The highest BCUT2D eigenvalue weighted by Crippen LogP contribution is 2.19. The molecule has 3 rings (SSSR count). The van der Waals surface area contributed by atoms with Crippen molar-refractivity contribution in [3.63, 3.8) is 0 Å². The lowest BCUT2D eigenvalue weighted by Crippen LogP contribution is -2.47. The Morgan fingerprint density at radius 2 is 1.89 bits per heavy atom. The van der Waals surface area contributed by atoms with Crippen LogP contribution in [-0.4, -0.2) is 54.9 Å². The second kappa shape index (κ2) is 9.39. The first-order valence-electron chi connectivity index (χ1n) is 9.64. The number of nitrogens with zero attached hydrogens (tertiary/aromatic N) is 1. The normalized spacial score (nSPS) is 19.3. The van der Waals surface area contributed by atoms with Gasteiger partial charge in [-0.1, -0.05) is 18.2 Å². The molecule has 1 aromatic rings. The molecule has 1 saturated carbocycles. The summed E-state index contributed by atoms with van der Waals surface area (Å²) in [7, 11) is 0. The molecule has 7 nitrogen and oxygen atoms in total. The topological polar surface area (TPSA) is 87.7 Å². The van der Waals surface area contributed by atoms with Crippen LogP contribution in [0.15, 0.2) is 30.3 Å². The molecule has 2 fully saturated rings. The molecule has 146 valence electrons. The Bertz CT molecular complexity index is 660. The minimum Gasteiger partial charge on any atom is -0.493 e. The third-order valence-electron chi connectivity index (χ3n) is 4.84. The van der Waals surface area contributed by atoms with Crippen molar-refractivity contribution in [3.8, 4) is 5.75 Å². The molecule has 1 aliphatic heterocycles. The average molecular weight is 373 g/mol. The van der Waals surface area contributed by atoms with Crippen LogP contribution in [0, 0.1) is 5.92 Å². The maximum absolute atomic E-state index is 12.4. The van der Waals surface area contributed by atoms with Gasteiger partial charge in [0.15, 0.2) is 0 Å². The fourth-order valence-electron chi connectivity index (χ4n) is 3.17. The van der Waals surface area contributed by atoms with Crippen LogP contribution in [0.2, 0.25) is 0 Å². The standard InChI is InChI=1S/C20H27N3O4/c24-18(22-16-8-9-16)13-21-20(26)15-5-4-11-23(14-15)19(25)10-12-27-17-6-2-1-3-7-17/h1-3,6-7,15-16H,4-5,8-14H2,(H,21,26)(H,22,24)/t15-/m0/s1. The predicted octanol–water partition coefficient (Wildman–Crippen LogP) is 1.09. The Hall–Kier alpha value is -2.57. The lowest BCUT2D eigenvalue weighted by atomic mass is 9.97. The average Bonchev–Trinajstić information content (AvgIpc) is 3.51. The van der Waals surface area contributed by atoms with Crippen LogP contribution in [0.5, 0.6) is 5.75 Å². The van der Waals surface area contributed by atoms with E-state index in [-0.39, 0.29) is 42.6 Å². The van der Waals surface area contributed by atoms with Gasteiger partial charge in [-0.3, -0.25) is 14.4 Å². The molecule has 0 spiro atoms. The van der Waals surface area contributed by atoms with Gasteiger partial charge in [0.2, 0.25) is 17.7 Å². The zero-order valence-corrected chi connectivity index (χ0v) is 15.5. The van der Waals surface area contributed by atoms with Crippen molar-refractivity contribution in [1.82, 2.24) is 15.5 Å². The number of para-hydroxylation sites is 1. The molecule has 0 bridgehead atoms. The van der Waals surface area contributed by atoms with Crippen molar-refractivity contribution in [2.24, 2.45) is 5.92 Å². The Morgan fingerprint density at radius 3 is 2.63 bits per heavy atom. The minimum absolute atomic E-state index is 0.00466. The molecule has 1 aromatic carbocycles. The molecular formula is C20H27N3O4.